The summed E-state index contributed by atoms with van der Waals surface area (Å²) in [6, 6.07) is 0. The Morgan fingerprint density at radius 2 is 2.07 bits per heavy atom. The van der Waals surface area contributed by atoms with E-state index in [2.05, 4.69) is 31.9 Å². The Morgan fingerprint density at radius 3 is 2.43 bits per heavy atom. The van der Waals surface area contributed by atoms with E-state index in [-0.39, 0.29) is 11.7 Å². The molecule has 1 atom stereocenters. The molecule has 14 heavy (non-hydrogen) atoms. The van der Waals surface area contributed by atoms with Crippen LogP contribution in [0.2, 0.25) is 0 Å². The van der Waals surface area contributed by atoms with Crippen LogP contribution < -0.4 is 0 Å². The zero-order valence-corrected chi connectivity index (χ0v) is 11.6. The van der Waals surface area contributed by atoms with E-state index in [0.717, 1.165) is 5.70 Å². The largest absolute Gasteiger partial charge is 0.378 e. The zero-order chi connectivity index (χ0) is 10.9. The van der Waals surface area contributed by atoms with Gasteiger partial charge in [0, 0.05) is 19.8 Å². The Bertz CT molecular complexity index is 305. The van der Waals surface area contributed by atoms with Crippen molar-refractivity contribution in [3.05, 3.63) is 23.9 Å². The maximum Gasteiger partial charge on any atom is 0.139 e. The third-order valence-corrected chi connectivity index (χ3v) is 3.61. The lowest BCUT2D eigenvalue weighted by molar-refractivity contribution is -0.119. The quantitative estimate of drug-likeness (QED) is 0.729. The van der Waals surface area contributed by atoms with Crippen molar-refractivity contribution in [1.82, 2.24) is 4.90 Å². The molecule has 0 heterocycles. The van der Waals surface area contributed by atoms with Crippen LogP contribution in [0.5, 0.6) is 0 Å². The van der Waals surface area contributed by atoms with Gasteiger partial charge in [0.2, 0.25) is 0 Å². The fourth-order valence-corrected chi connectivity index (χ4v) is 2.76. The lowest BCUT2D eigenvalue weighted by atomic mass is 9.95. The third-order valence-electron chi connectivity index (χ3n) is 2.17. The van der Waals surface area contributed by atoms with Crippen molar-refractivity contribution in [3.63, 3.8) is 0 Å². The van der Waals surface area contributed by atoms with Crippen LogP contribution in [-0.2, 0) is 4.79 Å². The number of Topliss-reactive ketones (excluding diaryl/α,β-unsaturated/α-hetero) is 1. The van der Waals surface area contributed by atoms with Crippen molar-refractivity contribution in [3.8, 4) is 0 Å². The summed E-state index contributed by atoms with van der Waals surface area (Å²) in [5.41, 5.74) is 1.08. The first-order valence-corrected chi connectivity index (χ1v) is 5.90. The third kappa shape index (κ3) is 2.48. The van der Waals surface area contributed by atoms with Crippen LogP contribution in [0.3, 0.4) is 0 Å². The number of rotatable bonds is 2. The molecule has 78 valence electrons. The van der Waals surface area contributed by atoms with Crippen LogP contribution >= 0.6 is 31.9 Å². The summed E-state index contributed by atoms with van der Waals surface area (Å²) in [5.74, 6) is -0.00439. The molecule has 0 radical (unpaired) electrons. The lowest BCUT2D eigenvalue weighted by Crippen LogP contribution is -2.31. The number of ketones is 1. The van der Waals surface area contributed by atoms with Crippen molar-refractivity contribution < 1.29 is 4.79 Å². The van der Waals surface area contributed by atoms with E-state index in [1.165, 1.54) is 0 Å². The molecule has 2 nitrogen and oxygen atoms in total. The van der Waals surface area contributed by atoms with Gasteiger partial charge in [-0.2, -0.15) is 0 Å². The van der Waals surface area contributed by atoms with E-state index in [1.807, 2.05) is 37.2 Å². The lowest BCUT2D eigenvalue weighted by Gasteiger charge is -2.29. The predicted molar refractivity (Wildman–Crippen MR) is 65.7 cm³/mol. The van der Waals surface area contributed by atoms with Crippen LogP contribution in [0.15, 0.2) is 23.9 Å². The average molecular weight is 323 g/mol. The maximum atomic E-state index is 11.3. The van der Waals surface area contributed by atoms with Crippen molar-refractivity contribution in [2.24, 2.45) is 5.92 Å². The van der Waals surface area contributed by atoms with E-state index in [1.54, 1.807) is 6.92 Å². The van der Waals surface area contributed by atoms with Gasteiger partial charge in [0.15, 0.2) is 0 Å². The average Bonchev–Trinajstić information content (AvgIpc) is 2.01. The monoisotopic (exact) mass is 321 g/mol. The summed E-state index contributed by atoms with van der Waals surface area (Å²) in [6.45, 7) is 1.60. The molecular weight excluding hydrogens is 310 g/mol. The molecule has 0 bridgehead atoms. The van der Waals surface area contributed by atoms with Crippen molar-refractivity contribution >= 4 is 37.6 Å². The van der Waals surface area contributed by atoms with Crippen LogP contribution in [-0.4, -0.2) is 28.0 Å². The highest BCUT2D eigenvalue weighted by Crippen LogP contribution is 2.41. The van der Waals surface area contributed by atoms with E-state index < -0.39 is 3.23 Å². The van der Waals surface area contributed by atoms with Gasteiger partial charge in [-0.05, 0) is 19.1 Å². The second kappa shape index (κ2) is 4.19. The van der Waals surface area contributed by atoms with Crippen molar-refractivity contribution in [1.29, 1.82) is 0 Å². The highest BCUT2D eigenvalue weighted by molar-refractivity contribution is 9.25. The second-order valence-corrected chi connectivity index (χ2v) is 7.27. The number of halogens is 2. The smallest absolute Gasteiger partial charge is 0.139 e. The van der Waals surface area contributed by atoms with Gasteiger partial charge in [0.1, 0.15) is 9.02 Å². The number of likely N-dealkylation sites (N-methyl/N-ethyl adjacent to an activating group) is 1. The van der Waals surface area contributed by atoms with Crippen LogP contribution in [0.1, 0.15) is 6.92 Å². The molecule has 0 aliphatic heterocycles. The summed E-state index contributed by atoms with van der Waals surface area (Å²) in [7, 11) is 3.95. The van der Waals surface area contributed by atoms with Crippen LogP contribution in [0, 0.1) is 5.92 Å². The van der Waals surface area contributed by atoms with Crippen LogP contribution in [0.25, 0.3) is 0 Å². The molecule has 0 N–H and O–H groups in total. The standard InChI is InChI=1S/C10H13Br2NO/c1-7(14)9-5-4-8(13(2)3)6-10(9,11)12/h4-6,9H,1-3H3. The minimum atomic E-state index is -0.444. The molecule has 4 heteroatoms. The van der Waals surface area contributed by atoms with Gasteiger partial charge >= 0.3 is 0 Å². The highest BCUT2D eigenvalue weighted by Gasteiger charge is 2.35. The molecule has 0 saturated heterocycles. The Hall–Kier alpha value is -0.0900. The number of carbonyl (C=O) groups is 1. The first kappa shape index (κ1) is 12.0. The molecule has 0 aromatic heterocycles. The second-order valence-electron chi connectivity index (χ2n) is 3.59. The Kier molecular flexibility index (Phi) is 3.58. The summed E-state index contributed by atoms with van der Waals surface area (Å²) < 4.78 is -0.444. The van der Waals surface area contributed by atoms with Gasteiger partial charge in [-0.25, -0.2) is 0 Å². The van der Waals surface area contributed by atoms with E-state index in [4.69, 9.17) is 0 Å². The SMILES string of the molecule is CC(=O)C1C=CC(N(C)C)=CC1(Br)Br. The molecule has 0 saturated carbocycles. The molecule has 1 rings (SSSR count). The fourth-order valence-electron chi connectivity index (χ4n) is 1.34. The minimum Gasteiger partial charge on any atom is -0.378 e. The van der Waals surface area contributed by atoms with Crippen molar-refractivity contribution in [2.45, 2.75) is 10.2 Å². The van der Waals surface area contributed by atoms with Gasteiger partial charge in [-0.1, -0.05) is 37.9 Å². The normalized spacial score (nSPS) is 24.4. The number of hydrogen-bond acceptors (Lipinski definition) is 2. The summed E-state index contributed by atoms with van der Waals surface area (Å²) in [6.07, 6.45) is 5.88. The number of hydrogen-bond donors (Lipinski definition) is 0. The van der Waals surface area contributed by atoms with E-state index in [9.17, 15) is 4.79 Å². The number of alkyl halides is 2. The molecule has 0 amide bonds. The topological polar surface area (TPSA) is 20.3 Å². The summed E-state index contributed by atoms with van der Waals surface area (Å²) >= 11 is 7.02. The number of carbonyl (C=O) groups excluding carboxylic acids is 1. The molecule has 1 aliphatic carbocycles. The van der Waals surface area contributed by atoms with Gasteiger partial charge < -0.3 is 4.90 Å². The number of nitrogens with zero attached hydrogens (tertiary/aromatic N) is 1. The Balaban J connectivity index is 2.98. The summed E-state index contributed by atoms with van der Waals surface area (Å²) in [5, 5.41) is 0. The van der Waals surface area contributed by atoms with Gasteiger partial charge in [0.05, 0.1) is 5.92 Å². The molecular formula is C10H13Br2NO. The van der Waals surface area contributed by atoms with Crippen molar-refractivity contribution in [2.75, 3.05) is 14.1 Å². The Labute approximate surface area is 101 Å². The van der Waals surface area contributed by atoms with E-state index >= 15 is 0 Å². The molecule has 1 aliphatic rings. The first-order chi connectivity index (χ1) is 6.34. The highest BCUT2D eigenvalue weighted by atomic mass is 79.9. The predicted octanol–water partition coefficient (Wildman–Crippen LogP) is 2.69. The fraction of sp³-hybridized carbons (Fsp3) is 0.500. The molecule has 0 aromatic rings. The number of allylic oxidation sites excluding steroid dienone is 3. The molecule has 0 spiro atoms. The van der Waals surface area contributed by atoms with Gasteiger partial charge in [0.25, 0.3) is 0 Å². The van der Waals surface area contributed by atoms with Gasteiger partial charge in [-0.3, -0.25) is 4.79 Å². The summed E-state index contributed by atoms with van der Waals surface area (Å²) in [4.78, 5) is 13.3. The minimum absolute atomic E-state index is 0.143. The first-order valence-electron chi connectivity index (χ1n) is 4.31. The molecule has 1 unspecified atom stereocenters. The van der Waals surface area contributed by atoms with Gasteiger partial charge in [-0.15, -0.1) is 0 Å². The molecule has 0 fully saturated rings. The maximum absolute atomic E-state index is 11.3. The van der Waals surface area contributed by atoms with Crippen LogP contribution in [0.4, 0.5) is 0 Å². The zero-order valence-electron chi connectivity index (χ0n) is 8.42. The van der Waals surface area contributed by atoms with E-state index in [0.29, 0.717) is 0 Å². The Morgan fingerprint density at radius 1 is 1.50 bits per heavy atom. The molecule has 0 aromatic carbocycles.